The smallest absolute Gasteiger partial charge is 0.157 e. The summed E-state index contributed by atoms with van der Waals surface area (Å²) >= 11 is 0. The number of carbonyl (C=O) groups excluding carboxylic acids is 1. The summed E-state index contributed by atoms with van der Waals surface area (Å²) in [6.07, 6.45) is 9.74. The zero-order chi connectivity index (χ0) is 11.8. The van der Waals surface area contributed by atoms with Crippen LogP contribution in [0.1, 0.15) is 58.8 Å². The fourth-order valence-electron chi connectivity index (χ4n) is 2.15. The van der Waals surface area contributed by atoms with Gasteiger partial charge in [-0.2, -0.15) is 0 Å². The summed E-state index contributed by atoms with van der Waals surface area (Å²) in [6, 6.07) is 0. The fourth-order valence-corrected chi connectivity index (χ4v) is 2.15. The third-order valence-corrected chi connectivity index (χ3v) is 3.37. The van der Waals surface area contributed by atoms with Gasteiger partial charge in [0, 0.05) is 24.7 Å². The number of ketones is 1. The zero-order valence-electron chi connectivity index (χ0n) is 10.7. The lowest BCUT2D eigenvalue weighted by Gasteiger charge is -2.19. The Hall–Kier alpha value is -0.790. The Kier molecular flexibility index (Phi) is 6.20. The summed E-state index contributed by atoms with van der Waals surface area (Å²) < 4.78 is 0. The highest BCUT2D eigenvalue weighted by Gasteiger charge is 2.11. The number of hydrogen-bond donors (Lipinski definition) is 1. The second-order valence-corrected chi connectivity index (χ2v) is 4.79. The predicted molar refractivity (Wildman–Crippen MR) is 68.2 cm³/mol. The number of rotatable bonds is 7. The molecule has 2 nitrogen and oxygen atoms in total. The van der Waals surface area contributed by atoms with Crippen LogP contribution < -0.4 is 5.32 Å². The van der Waals surface area contributed by atoms with Crippen molar-refractivity contribution in [1.82, 2.24) is 5.32 Å². The van der Waals surface area contributed by atoms with E-state index in [4.69, 9.17) is 0 Å². The molecule has 0 radical (unpaired) electrons. The number of allylic oxidation sites excluding steroid dienone is 2. The first-order valence-electron chi connectivity index (χ1n) is 6.73. The highest BCUT2D eigenvalue weighted by molar-refractivity contribution is 5.91. The van der Waals surface area contributed by atoms with Crippen molar-refractivity contribution in [3.63, 3.8) is 0 Å². The van der Waals surface area contributed by atoms with E-state index in [1.54, 1.807) is 6.08 Å². The molecule has 0 bridgehead atoms. The molecule has 1 aliphatic carbocycles. The molecular weight excluding hydrogens is 198 g/mol. The summed E-state index contributed by atoms with van der Waals surface area (Å²) in [7, 11) is 0. The first-order valence-corrected chi connectivity index (χ1v) is 6.73. The molecule has 0 aliphatic heterocycles. The minimum Gasteiger partial charge on any atom is -0.388 e. The topological polar surface area (TPSA) is 29.1 Å². The van der Waals surface area contributed by atoms with Gasteiger partial charge in [0.05, 0.1) is 0 Å². The SMILES string of the molecule is CCCCC(CC)CNC1=CC(=O)CCC1. The molecular formula is C14H25NO. The van der Waals surface area contributed by atoms with Gasteiger partial charge in [-0.15, -0.1) is 0 Å². The monoisotopic (exact) mass is 223 g/mol. The van der Waals surface area contributed by atoms with Crippen LogP contribution >= 0.6 is 0 Å². The molecule has 1 rings (SSSR count). The van der Waals surface area contributed by atoms with Gasteiger partial charge in [0.1, 0.15) is 0 Å². The Morgan fingerprint density at radius 1 is 1.38 bits per heavy atom. The average Bonchev–Trinajstić information content (AvgIpc) is 2.29. The van der Waals surface area contributed by atoms with E-state index < -0.39 is 0 Å². The van der Waals surface area contributed by atoms with Crippen LogP contribution in [-0.4, -0.2) is 12.3 Å². The number of nitrogens with one attached hydrogen (secondary N) is 1. The maximum atomic E-state index is 11.2. The van der Waals surface area contributed by atoms with Crippen LogP contribution in [0.15, 0.2) is 11.8 Å². The molecule has 0 aromatic carbocycles. The van der Waals surface area contributed by atoms with Gasteiger partial charge in [0.15, 0.2) is 5.78 Å². The Bertz CT molecular complexity index is 245. The third-order valence-electron chi connectivity index (χ3n) is 3.37. The van der Waals surface area contributed by atoms with E-state index in [0.717, 1.165) is 37.4 Å². The van der Waals surface area contributed by atoms with Crippen LogP contribution in [0, 0.1) is 5.92 Å². The van der Waals surface area contributed by atoms with Gasteiger partial charge in [0.25, 0.3) is 0 Å². The van der Waals surface area contributed by atoms with E-state index in [1.807, 2.05) is 0 Å². The molecule has 1 N–H and O–H groups in total. The standard InChI is InChI=1S/C14H25NO/c1-3-5-7-12(4-2)11-15-13-8-6-9-14(16)10-13/h10,12,15H,3-9,11H2,1-2H3. The van der Waals surface area contributed by atoms with Gasteiger partial charge in [-0.05, 0) is 25.2 Å². The summed E-state index contributed by atoms with van der Waals surface area (Å²) in [5.41, 5.74) is 1.16. The number of unbranched alkanes of at least 4 members (excludes halogenated alkanes) is 1. The maximum Gasteiger partial charge on any atom is 0.157 e. The van der Waals surface area contributed by atoms with Gasteiger partial charge in [0.2, 0.25) is 0 Å². The first kappa shape index (κ1) is 13.3. The van der Waals surface area contributed by atoms with Gasteiger partial charge in [-0.25, -0.2) is 0 Å². The summed E-state index contributed by atoms with van der Waals surface area (Å²) in [5.74, 6) is 1.05. The van der Waals surface area contributed by atoms with Crippen molar-refractivity contribution in [1.29, 1.82) is 0 Å². The molecule has 0 saturated heterocycles. The summed E-state index contributed by atoms with van der Waals surface area (Å²) in [6.45, 7) is 5.53. The molecule has 16 heavy (non-hydrogen) atoms. The minimum absolute atomic E-state index is 0.287. The lowest BCUT2D eigenvalue weighted by atomic mass is 9.98. The Balaban J connectivity index is 2.28. The molecule has 0 aromatic rings. The minimum atomic E-state index is 0.287. The normalized spacial score (nSPS) is 18.1. The molecule has 2 heteroatoms. The molecule has 1 aliphatic rings. The van der Waals surface area contributed by atoms with Crippen LogP contribution in [0.4, 0.5) is 0 Å². The van der Waals surface area contributed by atoms with E-state index in [1.165, 1.54) is 25.7 Å². The van der Waals surface area contributed by atoms with Crippen LogP contribution in [0.5, 0.6) is 0 Å². The van der Waals surface area contributed by atoms with Crippen LogP contribution in [0.3, 0.4) is 0 Å². The molecule has 0 spiro atoms. The summed E-state index contributed by atoms with van der Waals surface area (Å²) in [4.78, 5) is 11.2. The second kappa shape index (κ2) is 7.48. The Morgan fingerprint density at radius 3 is 2.81 bits per heavy atom. The lowest BCUT2D eigenvalue weighted by molar-refractivity contribution is -0.115. The molecule has 0 heterocycles. The van der Waals surface area contributed by atoms with Crippen molar-refractivity contribution in [3.05, 3.63) is 11.8 Å². The molecule has 0 fully saturated rings. The lowest BCUT2D eigenvalue weighted by Crippen LogP contribution is -2.24. The Labute approximate surface area is 99.5 Å². The fraction of sp³-hybridized carbons (Fsp3) is 0.786. The van der Waals surface area contributed by atoms with E-state index in [0.29, 0.717) is 0 Å². The van der Waals surface area contributed by atoms with Gasteiger partial charge >= 0.3 is 0 Å². The molecule has 1 unspecified atom stereocenters. The second-order valence-electron chi connectivity index (χ2n) is 4.79. The van der Waals surface area contributed by atoms with Crippen molar-refractivity contribution in [2.45, 2.75) is 58.8 Å². The van der Waals surface area contributed by atoms with E-state index in [2.05, 4.69) is 19.2 Å². The van der Waals surface area contributed by atoms with Gasteiger partial charge in [-0.1, -0.05) is 33.1 Å². The largest absolute Gasteiger partial charge is 0.388 e. The van der Waals surface area contributed by atoms with Crippen molar-refractivity contribution >= 4 is 5.78 Å². The number of carbonyl (C=O) groups is 1. The molecule has 92 valence electrons. The number of hydrogen-bond acceptors (Lipinski definition) is 2. The molecule has 0 saturated carbocycles. The molecule has 0 amide bonds. The predicted octanol–water partition coefficient (Wildman–Crippen LogP) is 3.43. The quantitative estimate of drug-likeness (QED) is 0.716. The van der Waals surface area contributed by atoms with E-state index in [9.17, 15) is 4.79 Å². The third kappa shape index (κ3) is 4.82. The highest BCUT2D eigenvalue weighted by atomic mass is 16.1. The van der Waals surface area contributed by atoms with Gasteiger partial charge in [-0.3, -0.25) is 4.79 Å². The maximum absolute atomic E-state index is 11.2. The van der Waals surface area contributed by atoms with E-state index >= 15 is 0 Å². The van der Waals surface area contributed by atoms with Crippen LogP contribution in [0.25, 0.3) is 0 Å². The average molecular weight is 223 g/mol. The molecule has 1 atom stereocenters. The zero-order valence-corrected chi connectivity index (χ0v) is 10.7. The Morgan fingerprint density at radius 2 is 2.19 bits per heavy atom. The van der Waals surface area contributed by atoms with Crippen LogP contribution in [0.2, 0.25) is 0 Å². The highest BCUT2D eigenvalue weighted by Crippen LogP contribution is 2.15. The summed E-state index contributed by atoms with van der Waals surface area (Å²) in [5, 5.41) is 3.45. The molecule has 0 aromatic heterocycles. The van der Waals surface area contributed by atoms with Crippen molar-refractivity contribution < 1.29 is 4.79 Å². The van der Waals surface area contributed by atoms with Crippen molar-refractivity contribution in [3.8, 4) is 0 Å². The van der Waals surface area contributed by atoms with Crippen molar-refractivity contribution in [2.75, 3.05) is 6.54 Å². The van der Waals surface area contributed by atoms with Crippen molar-refractivity contribution in [2.24, 2.45) is 5.92 Å². The van der Waals surface area contributed by atoms with E-state index in [-0.39, 0.29) is 5.78 Å². The van der Waals surface area contributed by atoms with Crippen LogP contribution in [-0.2, 0) is 4.79 Å². The first-order chi connectivity index (χ1) is 7.76. The van der Waals surface area contributed by atoms with Gasteiger partial charge < -0.3 is 5.32 Å².